The van der Waals surface area contributed by atoms with Crippen LogP contribution in [0.5, 0.6) is 0 Å². The first-order chi connectivity index (χ1) is 12.4. The summed E-state index contributed by atoms with van der Waals surface area (Å²) < 4.78 is 1.10. The lowest BCUT2D eigenvalue weighted by molar-refractivity contribution is 0.0985. The lowest BCUT2D eigenvalue weighted by Crippen LogP contribution is -2.36. The van der Waals surface area contributed by atoms with E-state index in [0.29, 0.717) is 22.3 Å². The summed E-state index contributed by atoms with van der Waals surface area (Å²) in [6.07, 6.45) is 0. The summed E-state index contributed by atoms with van der Waals surface area (Å²) in [6.45, 7) is 5.42. The Hall–Kier alpha value is -1.95. The molecule has 0 saturated heterocycles. The molecule has 0 fully saturated rings. The molecule has 0 saturated carbocycles. The van der Waals surface area contributed by atoms with E-state index in [1.807, 2.05) is 26.2 Å². The van der Waals surface area contributed by atoms with Gasteiger partial charge in [0.25, 0.3) is 5.91 Å². The summed E-state index contributed by atoms with van der Waals surface area (Å²) in [5.74, 6) is -0.120. The normalized spacial score (nSPS) is 11.3. The van der Waals surface area contributed by atoms with Gasteiger partial charge in [-0.05, 0) is 57.3 Å². The number of fused-ring (bicyclic) bond motifs is 1. The second kappa shape index (κ2) is 7.74. The number of amides is 1. The van der Waals surface area contributed by atoms with Crippen LogP contribution in [0.1, 0.15) is 21.5 Å². The molecule has 1 aromatic heterocycles. The minimum absolute atomic E-state index is 0.120. The first-order valence-electron chi connectivity index (χ1n) is 8.45. The van der Waals surface area contributed by atoms with Crippen molar-refractivity contribution in [2.24, 2.45) is 0 Å². The maximum Gasteiger partial charge on any atom is 0.261 e. The van der Waals surface area contributed by atoms with Gasteiger partial charge in [0.05, 0.1) is 20.8 Å². The molecule has 26 heavy (non-hydrogen) atoms. The van der Waals surface area contributed by atoms with Gasteiger partial charge in [-0.3, -0.25) is 9.69 Å². The summed E-state index contributed by atoms with van der Waals surface area (Å²) in [4.78, 5) is 21.8. The molecule has 0 spiro atoms. The van der Waals surface area contributed by atoms with Crippen LogP contribution in [0.2, 0.25) is 5.02 Å². The van der Waals surface area contributed by atoms with E-state index in [2.05, 4.69) is 30.9 Å². The molecule has 1 heterocycles. The number of carbonyl (C=O) groups excluding carboxylic acids is 1. The van der Waals surface area contributed by atoms with Crippen LogP contribution in [0.15, 0.2) is 36.4 Å². The SMILES string of the molecule is Cc1cc(C)c2nc(N(CCN(C)C)C(=O)c3ccccc3Cl)sc2c1. The zero-order chi connectivity index (χ0) is 18.8. The van der Waals surface area contributed by atoms with Crippen molar-refractivity contribution in [3.8, 4) is 0 Å². The molecule has 3 aromatic rings. The van der Waals surface area contributed by atoms with Crippen molar-refractivity contribution < 1.29 is 4.79 Å². The van der Waals surface area contributed by atoms with Crippen LogP contribution in [-0.4, -0.2) is 43.0 Å². The maximum absolute atomic E-state index is 13.2. The number of hydrogen-bond acceptors (Lipinski definition) is 4. The smallest absolute Gasteiger partial charge is 0.261 e. The lowest BCUT2D eigenvalue weighted by Gasteiger charge is -2.22. The molecule has 0 aliphatic heterocycles. The molecule has 0 N–H and O–H groups in total. The number of aryl methyl sites for hydroxylation is 2. The molecule has 0 bridgehead atoms. The molecule has 6 heteroatoms. The molecular weight excluding hydrogens is 366 g/mol. The van der Waals surface area contributed by atoms with Crippen molar-refractivity contribution in [1.82, 2.24) is 9.88 Å². The summed E-state index contributed by atoms with van der Waals surface area (Å²) in [7, 11) is 3.98. The zero-order valence-corrected chi connectivity index (χ0v) is 17.0. The fourth-order valence-corrected chi connectivity index (χ4v) is 4.22. The number of nitrogens with zero attached hydrogens (tertiary/aromatic N) is 3. The summed E-state index contributed by atoms with van der Waals surface area (Å²) in [5, 5.41) is 1.17. The molecular formula is C20H22ClN3OS. The van der Waals surface area contributed by atoms with E-state index in [1.54, 1.807) is 28.4 Å². The fourth-order valence-electron chi connectivity index (χ4n) is 2.84. The Morgan fingerprint density at radius 2 is 1.88 bits per heavy atom. The number of carbonyl (C=O) groups is 1. The van der Waals surface area contributed by atoms with E-state index in [1.165, 1.54) is 5.56 Å². The monoisotopic (exact) mass is 387 g/mol. The van der Waals surface area contributed by atoms with E-state index < -0.39 is 0 Å². The van der Waals surface area contributed by atoms with Crippen LogP contribution in [-0.2, 0) is 0 Å². The van der Waals surface area contributed by atoms with Crippen molar-refractivity contribution in [2.45, 2.75) is 13.8 Å². The highest BCUT2D eigenvalue weighted by molar-refractivity contribution is 7.22. The Kier molecular flexibility index (Phi) is 5.61. The fraction of sp³-hybridized carbons (Fsp3) is 0.300. The van der Waals surface area contributed by atoms with E-state index in [4.69, 9.17) is 16.6 Å². The zero-order valence-electron chi connectivity index (χ0n) is 15.4. The number of likely N-dealkylation sites (N-methyl/N-ethyl adjacent to an activating group) is 1. The molecule has 0 aliphatic carbocycles. The first-order valence-corrected chi connectivity index (χ1v) is 9.65. The average Bonchev–Trinajstić information content (AvgIpc) is 2.99. The third-order valence-electron chi connectivity index (χ3n) is 4.17. The van der Waals surface area contributed by atoms with Gasteiger partial charge in [-0.1, -0.05) is 41.1 Å². The van der Waals surface area contributed by atoms with Gasteiger partial charge in [-0.25, -0.2) is 4.98 Å². The van der Waals surface area contributed by atoms with Crippen LogP contribution in [0.3, 0.4) is 0 Å². The van der Waals surface area contributed by atoms with E-state index in [-0.39, 0.29) is 5.91 Å². The molecule has 4 nitrogen and oxygen atoms in total. The molecule has 136 valence electrons. The van der Waals surface area contributed by atoms with E-state index >= 15 is 0 Å². The molecule has 0 atom stereocenters. The number of hydrogen-bond donors (Lipinski definition) is 0. The third-order valence-corrected chi connectivity index (χ3v) is 5.52. The molecule has 0 aliphatic rings. The van der Waals surface area contributed by atoms with E-state index in [0.717, 1.165) is 22.3 Å². The van der Waals surface area contributed by atoms with Crippen LogP contribution in [0.4, 0.5) is 5.13 Å². The highest BCUT2D eigenvalue weighted by Crippen LogP contribution is 2.33. The minimum atomic E-state index is -0.120. The second-order valence-electron chi connectivity index (χ2n) is 6.66. The number of anilines is 1. The largest absolute Gasteiger partial charge is 0.308 e. The molecule has 0 unspecified atom stereocenters. The van der Waals surface area contributed by atoms with Gasteiger partial charge >= 0.3 is 0 Å². The van der Waals surface area contributed by atoms with E-state index in [9.17, 15) is 4.79 Å². The average molecular weight is 388 g/mol. The third kappa shape index (κ3) is 3.90. The van der Waals surface area contributed by atoms with Crippen molar-refractivity contribution >= 4 is 44.2 Å². The number of benzene rings is 2. The van der Waals surface area contributed by atoms with Gasteiger partial charge in [-0.15, -0.1) is 0 Å². The molecule has 2 aromatic carbocycles. The number of rotatable bonds is 5. The quantitative estimate of drug-likeness (QED) is 0.632. The Balaban J connectivity index is 2.05. The van der Waals surface area contributed by atoms with Gasteiger partial charge in [0, 0.05) is 13.1 Å². The highest BCUT2D eigenvalue weighted by Gasteiger charge is 2.23. The van der Waals surface area contributed by atoms with Crippen LogP contribution in [0, 0.1) is 13.8 Å². The maximum atomic E-state index is 13.2. The molecule has 1 amide bonds. The lowest BCUT2D eigenvalue weighted by atomic mass is 10.1. The summed E-state index contributed by atoms with van der Waals surface area (Å²) >= 11 is 7.81. The van der Waals surface area contributed by atoms with Gasteiger partial charge in [-0.2, -0.15) is 0 Å². The molecule has 3 rings (SSSR count). The standard InChI is InChI=1S/C20H22ClN3OS/c1-13-11-14(2)18-17(12-13)26-20(22-18)24(10-9-23(3)4)19(25)15-7-5-6-8-16(15)21/h5-8,11-12H,9-10H2,1-4H3. The Morgan fingerprint density at radius 3 is 2.58 bits per heavy atom. The predicted octanol–water partition coefficient (Wildman–Crippen LogP) is 4.77. The predicted molar refractivity (Wildman–Crippen MR) is 111 cm³/mol. The Labute approximate surface area is 163 Å². The molecule has 0 radical (unpaired) electrons. The minimum Gasteiger partial charge on any atom is -0.308 e. The summed E-state index contributed by atoms with van der Waals surface area (Å²) in [6, 6.07) is 11.4. The Morgan fingerprint density at radius 1 is 1.15 bits per heavy atom. The first kappa shape index (κ1) is 18.8. The van der Waals surface area contributed by atoms with Crippen molar-refractivity contribution in [3.63, 3.8) is 0 Å². The number of halogens is 1. The van der Waals surface area contributed by atoms with Crippen LogP contribution in [0.25, 0.3) is 10.2 Å². The van der Waals surface area contributed by atoms with Crippen LogP contribution >= 0.6 is 22.9 Å². The van der Waals surface area contributed by atoms with Crippen molar-refractivity contribution in [2.75, 3.05) is 32.1 Å². The summed E-state index contributed by atoms with van der Waals surface area (Å²) in [5.41, 5.74) is 3.78. The second-order valence-corrected chi connectivity index (χ2v) is 8.08. The van der Waals surface area contributed by atoms with Gasteiger partial charge < -0.3 is 4.90 Å². The van der Waals surface area contributed by atoms with Gasteiger partial charge in [0.2, 0.25) is 0 Å². The highest BCUT2D eigenvalue weighted by atomic mass is 35.5. The van der Waals surface area contributed by atoms with Gasteiger partial charge in [0.1, 0.15) is 0 Å². The number of aromatic nitrogens is 1. The van der Waals surface area contributed by atoms with Crippen molar-refractivity contribution in [1.29, 1.82) is 0 Å². The van der Waals surface area contributed by atoms with Gasteiger partial charge in [0.15, 0.2) is 5.13 Å². The number of thiazole rings is 1. The van der Waals surface area contributed by atoms with Crippen LogP contribution < -0.4 is 4.90 Å². The van der Waals surface area contributed by atoms with Crippen molar-refractivity contribution in [3.05, 3.63) is 58.1 Å². The Bertz CT molecular complexity index is 951. The topological polar surface area (TPSA) is 36.4 Å².